The molecule has 5 nitrogen and oxygen atoms in total. The summed E-state index contributed by atoms with van der Waals surface area (Å²) in [5, 5.41) is 8.90. The number of hydrogen-bond acceptors (Lipinski definition) is 6. The number of aromatic nitrogens is 1. The van der Waals surface area contributed by atoms with Gasteiger partial charge in [-0.05, 0) is 79.7 Å². The van der Waals surface area contributed by atoms with Crippen LogP contribution in [-0.4, -0.2) is 41.8 Å². The third-order valence-electron chi connectivity index (χ3n) is 6.25. The third kappa shape index (κ3) is 5.27. The SMILES string of the molecule is CSN1CCc2cc(OCCCC3CCN(c4ccc(C#N)cn4)CC3)ccc2C1. The van der Waals surface area contributed by atoms with Gasteiger partial charge < -0.3 is 9.64 Å². The van der Waals surface area contributed by atoms with Gasteiger partial charge in [-0.1, -0.05) is 18.0 Å². The molecule has 0 atom stereocenters. The minimum absolute atomic E-state index is 0.620. The molecule has 0 aliphatic carbocycles. The Morgan fingerprint density at radius 3 is 2.77 bits per heavy atom. The summed E-state index contributed by atoms with van der Waals surface area (Å²) in [5.41, 5.74) is 3.50. The number of fused-ring (bicyclic) bond motifs is 1. The number of piperidine rings is 1. The van der Waals surface area contributed by atoms with Crippen LogP contribution < -0.4 is 9.64 Å². The second-order valence-electron chi connectivity index (χ2n) is 8.16. The molecule has 0 amide bonds. The summed E-state index contributed by atoms with van der Waals surface area (Å²) >= 11 is 1.83. The van der Waals surface area contributed by atoms with E-state index in [0.717, 1.165) is 63.1 Å². The molecule has 0 saturated carbocycles. The van der Waals surface area contributed by atoms with Gasteiger partial charge in [-0.2, -0.15) is 5.26 Å². The lowest BCUT2D eigenvalue weighted by atomic mass is 9.92. The van der Waals surface area contributed by atoms with E-state index >= 15 is 0 Å². The van der Waals surface area contributed by atoms with E-state index in [9.17, 15) is 0 Å². The molecular formula is C24H30N4OS. The van der Waals surface area contributed by atoms with Crippen molar-refractivity contribution in [3.63, 3.8) is 0 Å². The molecule has 1 aromatic carbocycles. The molecule has 3 heterocycles. The Labute approximate surface area is 184 Å². The van der Waals surface area contributed by atoms with Crippen LogP contribution in [0, 0.1) is 17.2 Å². The summed E-state index contributed by atoms with van der Waals surface area (Å²) in [7, 11) is 0. The van der Waals surface area contributed by atoms with Crippen molar-refractivity contribution >= 4 is 17.8 Å². The summed E-state index contributed by atoms with van der Waals surface area (Å²) < 4.78 is 8.47. The average Bonchev–Trinajstić information content (AvgIpc) is 2.82. The van der Waals surface area contributed by atoms with Crippen molar-refractivity contribution in [2.24, 2.45) is 5.92 Å². The van der Waals surface area contributed by atoms with E-state index in [2.05, 4.69) is 44.7 Å². The predicted molar refractivity (Wildman–Crippen MR) is 123 cm³/mol. The fourth-order valence-corrected chi connectivity index (χ4v) is 4.94. The highest BCUT2D eigenvalue weighted by Crippen LogP contribution is 2.28. The van der Waals surface area contributed by atoms with E-state index in [-0.39, 0.29) is 0 Å². The van der Waals surface area contributed by atoms with Crippen LogP contribution in [0.15, 0.2) is 36.5 Å². The number of anilines is 1. The number of pyridine rings is 1. The zero-order chi connectivity index (χ0) is 20.8. The Morgan fingerprint density at radius 2 is 2.03 bits per heavy atom. The first kappa shape index (κ1) is 21.0. The molecule has 158 valence electrons. The fraction of sp³-hybridized carbons (Fsp3) is 0.500. The minimum atomic E-state index is 0.620. The molecule has 0 spiro atoms. The van der Waals surface area contributed by atoms with Crippen LogP contribution in [0.25, 0.3) is 0 Å². The molecule has 0 N–H and O–H groups in total. The van der Waals surface area contributed by atoms with E-state index in [0.29, 0.717) is 5.56 Å². The van der Waals surface area contributed by atoms with E-state index in [1.165, 1.54) is 30.4 Å². The maximum atomic E-state index is 8.90. The van der Waals surface area contributed by atoms with Crippen LogP contribution in [0.1, 0.15) is 42.4 Å². The lowest BCUT2D eigenvalue weighted by Crippen LogP contribution is -2.34. The zero-order valence-electron chi connectivity index (χ0n) is 17.7. The molecule has 4 rings (SSSR count). The molecular weight excluding hydrogens is 392 g/mol. The van der Waals surface area contributed by atoms with Crippen molar-refractivity contribution in [2.75, 3.05) is 37.4 Å². The van der Waals surface area contributed by atoms with E-state index in [1.54, 1.807) is 6.20 Å². The maximum Gasteiger partial charge on any atom is 0.128 e. The molecule has 1 saturated heterocycles. The summed E-state index contributed by atoms with van der Waals surface area (Å²) in [4.78, 5) is 6.76. The molecule has 2 aliphatic rings. The molecule has 1 aromatic heterocycles. The Morgan fingerprint density at radius 1 is 1.17 bits per heavy atom. The van der Waals surface area contributed by atoms with Gasteiger partial charge in [0.25, 0.3) is 0 Å². The van der Waals surface area contributed by atoms with Crippen molar-refractivity contribution < 1.29 is 4.74 Å². The Balaban J connectivity index is 1.17. The van der Waals surface area contributed by atoms with Gasteiger partial charge in [-0.25, -0.2) is 9.29 Å². The van der Waals surface area contributed by atoms with Crippen molar-refractivity contribution in [2.45, 2.75) is 38.6 Å². The Kier molecular flexibility index (Phi) is 7.14. The second-order valence-corrected chi connectivity index (χ2v) is 9.05. The van der Waals surface area contributed by atoms with Crippen molar-refractivity contribution in [1.29, 1.82) is 5.26 Å². The van der Waals surface area contributed by atoms with E-state index in [4.69, 9.17) is 10.00 Å². The number of benzene rings is 1. The molecule has 2 aliphatic heterocycles. The van der Waals surface area contributed by atoms with Crippen molar-refractivity contribution in [1.82, 2.24) is 9.29 Å². The largest absolute Gasteiger partial charge is 0.494 e. The normalized spacial score (nSPS) is 17.4. The second kappa shape index (κ2) is 10.2. The molecule has 2 aromatic rings. The van der Waals surface area contributed by atoms with Crippen molar-refractivity contribution in [3.05, 3.63) is 53.2 Å². The zero-order valence-corrected chi connectivity index (χ0v) is 18.5. The molecule has 0 bridgehead atoms. The number of nitrogens with zero attached hydrogens (tertiary/aromatic N) is 4. The van der Waals surface area contributed by atoms with Gasteiger partial charge in [0.05, 0.1) is 12.2 Å². The van der Waals surface area contributed by atoms with Crippen LogP contribution in [0.5, 0.6) is 5.75 Å². The number of hydrogen-bond donors (Lipinski definition) is 0. The van der Waals surface area contributed by atoms with Crippen LogP contribution in [0.3, 0.4) is 0 Å². The van der Waals surface area contributed by atoms with Crippen LogP contribution >= 0.6 is 11.9 Å². The quantitative estimate of drug-likeness (QED) is 0.478. The third-order valence-corrected chi connectivity index (χ3v) is 7.08. The summed E-state index contributed by atoms with van der Waals surface area (Å²) in [5.74, 6) is 2.78. The van der Waals surface area contributed by atoms with E-state index < -0.39 is 0 Å². The van der Waals surface area contributed by atoms with Gasteiger partial charge in [0.2, 0.25) is 0 Å². The van der Waals surface area contributed by atoms with Crippen molar-refractivity contribution in [3.8, 4) is 11.8 Å². The number of ether oxygens (including phenoxy) is 1. The first-order valence-electron chi connectivity index (χ1n) is 10.9. The van der Waals surface area contributed by atoms with Crippen LogP contribution in [-0.2, 0) is 13.0 Å². The van der Waals surface area contributed by atoms with Gasteiger partial charge >= 0.3 is 0 Å². The van der Waals surface area contributed by atoms with Crippen LogP contribution in [0.4, 0.5) is 5.82 Å². The topological polar surface area (TPSA) is 52.4 Å². The Hall–Kier alpha value is -2.23. The lowest BCUT2D eigenvalue weighted by molar-refractivity contribution is 0.278. The summed E-state index contributed by atoms with van der Waals surface area (Å²) in [6.07, 6.45) is 9.66. The molecule has 1 fully saturated rings. The summed E-state index contributed by atoms with van der Waals surface area (Å²) in [6.45, 7) is 5.04. The Bertz CT molecular complexity index is 872. The van der Waals surface area contributed by atoms with Gasteiger partial charge in [0.15, 0.2) is 0 Å². The van der Waals surface area contributed by atoms with Gasteiger partial charge in [0.1, 0.15) is 17.6 Å². The van der Waals surface area contributed by atoms with Gasteiger partial charge in [-0.3, -0.25) is 0 Å². The fourth-order valence-electron chi connectivity index (χ4n) is 4.40. The monoisotopic (exact) mass is 422 g/mol. The number of rotatable bonds is 7. The maximum absolute atomic E-state index is 8.90. The average molecular weight is 423 g/mol. The smallest absolute Gasteiger partial charge is 0.128 e. The predicted octanol–water partition coefficient (Wildman–Crippen LogP) is 4.66. The molecule has 0 radical (unpaired) electrons. The number of nitriles is 1. The standard InChI is InChI=1S/C24H30N4OS/c1-30-28-13-10-21-15-23(6-5-22(21)18-28)29-14-2-3-19-8-11-27(12-9-19)24-7-4-20(16-25)17-26-24/h4-7,15,17,19H,2-3,8-14,18H2,1H3. The lowest BCUT2D eigenvalue weighted by Gasteiger charge is -2.32. The minimum Gasteiger partial charge on any atom is -0.494 e. The van der Waals surface area contributed by atoms with Crippen LogP contribution in [0.2, 0.25) is 0 Å². The molecule has 0 unspecified atom stereocenters. The summed E-state index contributed by atoms with van der Waals surface area (Å²) in [6, 6.07) is 12.6. The molecule has 6 heteroatoms. The van der Waals surface area contributed by atoms with Gasteiger partial charge in [0, 0.05) is 32.4 Å². The highest BCUT2D eigenvalue weighted by Gasteiger charge is 2.20. The molecule has 30 heavy (non-hydrogen) atoms. The van der Waals surface area contributed by atoms with Gasteiger partial charge in [-0.15, -0.1) is 0 Å². The first-order valence-corrected chi connectivity index (χ1v) is 12.1. The highest BCUT2D eigenvalue weighted by molar-refractivity contribution is 7.96. The van der Waals surface area contributed by atoms with E-state index in [1.807, 2.05) is 24.1 Å². The highest BCUT2D eigenvalue weighted by atomic mass is 32.2. The first-order chi connectivity index (χ1) is 14.7.